The van der Waals surface area contributed by atoms with E-state index in [1.807, 2.05) is 48.2 Å². The summed E-state index contributed by atoms with van der Waals surface area (Å²) in [7, 11) is 0. The Bertz CT molecular complexity index is 822. The molecule has 0 N–H and O–H groups in total. The van der Waals surface area contributed by atoms with Gasteiger partial charge in [0.2, 0.25) is 0 Å². The van der Waals surface area contributed by atoms with E-state index in [-0.39, 0.29) is 36.5 Å². The summed E-state index contributed by atoms with van der Waals surface area (Å²) in [5.41, 5.74) is 2.65. The van der Waals surface area contributed by atoms with Gasteiger partial charge in [0, 0.05) is 36.0 Å². The molecule has 140 valence electrons. The molecule has 0 radical (unpaired) electrons. The van der Waals surface area contributed by atoms with Gasteiger partial charge in [-0.25, -0.2) is 4.79 Å². The summed E-state index contributed by atoms with van der Waals surface area (Å²) in [5.74, 6) is 0.115. The van der Waals surface area contributed by atoms with Crippen LogP contribution in [0.25, 0.3) is 0 Å². The molecule has 2 aliphatic rings. The molecule has 0 aliphatic carbocycles. The molecule has 5 nitrogen and oxygen atoms in total. The number of carbonyl (C=O) groups is 2. The maximum atomic E-state index is 12.9. The number of hydrogen-bond acceptors (Lipinski definition) is 4. The fraction of sp³-hybridized carbons (Fsp3) is 0.409. The zero-order valence-electron chi connectivity index (χ0n) is 15.5. The number of aryl methyl sites for hydroxylation is 1. The fourth-order valence-corrected chi connectivity index (χ4v) is 4.41. The molecule has 2 aliphatic heterocycles. The van der Waals surface area contributed by atoms with E-state index in [2.05, 4.69) is 4.98 Å². The maximum Gasteiger partial charge on any atom is 0.410 e. The number of carbonyl (C=O) groups excluding carboxylic acids is 2. The van der Waals surface area contributed by atoms with Crippen molar-refractivity contribution in [2.24, 2.45) is 5.92 Å². The Morgan fingerprint density at radius 1 is 1.11 bits per heavy atom. The Kier molecular flexibility index (Phi) is 4.92. The standard InChI is InChI=1S/C22H24N2O3/c1-15-9-18(13-23-12-15)21(25)17-10-19-7-8-20(11-17)24(19)22(26)27-14-16-5-3-2-4-6-16/h2-6,9,12-13,17,19-20H,7-8,10-11,14H2,1H3. The highest BCUT2D eigenvalue weighted by Crippen LogP contribution is 2.40. The number of rotatable bonds is 4. The molecule has 27 heavy (non-hydrogen) atoms. The first-order valence-electron chi connectivity index (χ1n) is 9.56. The van der Waals surface area contributed by atoms with E-state index >= 15 is 0 Å². The molecule has 2 atom stereocenters. The summed E-state index contributed by atoms with van der Waals surface area (Å²) < 4.78 is 5.54. The lowest BCUT2D eigenvalue weighted by molar-refractivity contribution is 0.0485. The third-order valence-corrected chi connectivity index (χ3v) is 5.68. The average Bonchev–Trinajstić information content (AvgIpc) is 2.96. The first-order chi connectivity index (χ1) is 13.1. The number of amides is 1. The van der Waals surface area contributed by atoms with Crippen molar-refractivity contribution in [2.45, 2.75) is 51.3 Å². The van der Waals surface area contributed by atoms with Gasteiger partial charge in [0.15, 0.2) is 5.78 Å². The fourth-order valence-electron chi connectivity index (χ4n) is 4.41. The minimum Gasteiger partial charge on any atom is -0.445 e. The highest BCUT2D eigenvalue weighted by molar-refractivity contribution is 5.98. The predicted molar refractivity (Wildman–Crippen MR) is 101 cm³/mol. The number of piperidine rings is 1. The molecule has 0 spiro atoms. The van der Waals surface area contributed by atoms with Gasteiger partial charge in [-0.15, -0.1) is 0 Å². The van der Waals surface area contributed by atoms with Crippen LogP contribution in [-0.2, 0) is 11.3 Å². The van der Waals surface area contributed by atoms with Gasteiger partial charge in [-0.2, -0.15) is 0 Å². The largest absolute Gasteiger partial charge is 0.445 e. The van der Waals surface area contributed by atoms with Crippen LogP contribution < -0.4 is 0 Å². The van der Waals surface area contributed by atoms with Gasteiger partial charge in [0.05, 0.1) is 0 Å². The molecule has 2 unspecified atom stereocenters. The van der Waals surface area contributed by atoms with Crippen molar-refractivity contribution in [1.29, 1.82) is 0 Å². The number of pyridine rings is 1. The molecule has 1 aromatic heterocycles. The van der Waals surface area contributed by atoms with Crippen molar-refractivity contribution < 1.29 is 14.3 Å². The number of benzene rings is 1. The quantitative estimate of drug-likeness (QED) is 0.765. The van der Waals surface area contributed by atoms with Gasteiger partial charge in [-0.05, 0) is 49.8 Å². The highest BCUT2D eigenvalue weighted by Gasteiger charge is 2.45. The number of nitrogens with zero attached hydrogens (tertiary/aromatic N) is 2. The number of fused-ring (bicyclic) bond motifs is 2. The zero-order valence-corrected chi connectivity index (χ0v) is 15.5. The van der Waals surface area contributed by atoms with Crippen molar-refractivity contribution in [2.75, 3.05) is 0 Å². The minimum absolute atomic E-state index is 0.0377. The summed E-state index contributed by atoms with van der Waals surface area (Å²) in [5, 5.41) is 0. The van der Waals surface area contributed by atoms with Gasteiger partial charge in [0.25, 0.3) is 0 Å². The van der Waals surface area contributed by atoms with E-state index in [1.54, 1.807) is 12.4 Å². The lowest BCUT2D eigenvalue weighted by Crippen LogP contribution is -2.48. The van der Waals surface area contributed by atoms with Crippen LogP contribution in [0.2, 0.25) is 0 Å². The van der Waals surface area contributed by atoms with Crippen molar-refractivity contribution >= 4 is 11.9 Å². The molecule has 5 heteroatoms. The van der Waals surface area contributed by atoms with E-state index in [0.717, 1.165) is 24.0 Å². The van der Waals surface area contributed by atoms with Crippen molar-refractivity contribution in [1.82, 2.24) is 9.88 Å². The van der Waals surface area contributed by atoms with Crippen LogP contribution in [0.4, 0.5) is 4.79 Å². The molecule has 4 rings (SSSR count). The van der Waals surface area contributed by atoms with E-state index in [1.165, 1.54) is 0 Å². The van der Waals surface area contributed by atoms with Crippen LogP contribution in [0.5, 0.6) is 0 Å². The second kappa shape index (κ2) is 7.51. The smallest absolute Gasteiger partial charge is 0.410 e. The van der Waals surface area contributed by atoms with E-state index < -0.39 is 0 Å². The minimum atomic E-state index is -0.255. The lowest BCUT2D eigenvalue weighted by Gasteiger charge is -2.37. The van der Waals surface area contributed by atoms with Crippen molar-refractivity contribution in [3.05, 3.63) is 65.5 Å². The van der Waals surface area contributed by atoms with E-state index in [4.69, 9.17) is 4.74 Å². The van der Waals surface area contributed by atoms with Crippen LogP contribution in [0.3, 0.4) is 0 Å². The lowest BCUT2D eigenvalue weighted by atomic mass is 9.85. The first-order valence-corrected chi connectivity index (χ1v) is 9.56. The van der Waals surface area contributed by atoms with E-state index in [9.17, 15) is 9.59 Å². The molecule has 1 amide bonds. The SMILES string of the molecule is Cc1cncc(C(=O)C2CC3CCC(C2)N3C(=O)OCc2ccccc2)c1. The van der Waals surface area contributed by atoms with Gasteiger partial charge in [-0.1, -0.05) is 30.3 Å². The molecule has 2 aromatic rings. The number of ether oxygens (including phenoxy) is 1. The Balaban J connectivity index is 1.40. The van der Waals surface area contributed by atoms with Gasteiger partial charge in [0.1, 0.15) is 6.61 Å². The van der Waals surface area contributed by atoms with Gasteiger partial charge in [-0.3, -0.25) is 9.78 Å². The summed E-state index contributed by atoms with van der Waals surface area (Å²) >= 11 is 0. The molecule has 2 saturated heterocycles. The average molecular weight is 364 g/mol. The second-order valence-corrected chi connectivity index (χ2v) is 7.62. The van der Waals surface area contributed by atoms with Crippen LogP contribution in [0, 0.1) is 12.8 Å². The molecule has 2 bridgehead atoms. The molecule has 2 fully saturated rings. The third kappa shape index (κ3) is 3.72. The molecule has 0 saturated carbocycles. The molecule has 1 aromatic carbocycles. The second-order valence-electron chi connectivity index (χ2n) is 7.62. The Morgan fingerprint density at radius 3 is 2.48 bits per heavy atom. The summed E-state index contributed by atoms with van der Waals surface area (Å²) in [4.78, 5) is 31.5. The van der Waals surface area contributed by atoms with Crippen molar-refractivity contribution in [3.8, 4) is 0 Å². The van der Waals surface area contributed by atoms with Gasteiger partial charge >= 0.3 is 6.09 Å². The number of ketones is 1. The Labute approximate surface area is 159 Å². The van der Waals surface area contributed by atoms with Crippen LogP contribution in [0.1, 0.15) is 47.2 Å². The van der Waals surface area contributed by atoms with Gasteiger partial charge < -0.3 is 9.64 Å². The molecule has 3 heterocycles. The summed E-state index contributed by atoms with van der Waals surface area (Å²) in [6.07, 6.45) is 6.47. The van der Waals surface area contributed by atoms with Crippen LogP contribution in [0.15, 0.2) is 48.8 Å². The third-order valence-electron chi connectivity index (χ3n) is 5.68. The molecular formula is C22H24N2O3. The number of Topliss-reactive ketones (excluding diaryl/α,β-unsaturated/α-hetero) is 1. The number of hydrogen-bond donors (Lipinski definition) is 0. The van der Waals surface area contributed by atoms with E-state index in [0.29, 0.717) is 18.4 Å². The first kappa shape index (κ1) is 17.7. The summed E-state index contributed by atoms with van der Waals surface area (Å²) in [6.45, 7) is 2.23. The normalized spacial score (nSPS) is 23.9. The number of aromatic nitrogens is 1. The monoisotopic (exact) mass is 364 g/mol. The topological polar surface area (TPSA) is 59.5 Å². The predicted octanol–water partition coefficient (Wildman–Crippen LogP) is 4.15. The maximum absolute atomic E-state index is 12.9. The Morgan fingerprint density at radius 2 is 1.81 bits per heavy atom. The van der Waals surface area contributed by atoms with Crippen molar-refractivity contribution in [3.63, 3.8) is 0 Å². The highest BCUT2D eigenvalue weighted by atomic mass is 16.6. The summed E-state index contributed by atoms with van der Waals surface area (Å²) in [6, 6.07) is 11.8. The Hall–Kier alpha value is -2.69. The zero-order chi connectivity index (χ0) is 18.8. The molecular weight excluding hydrogens is 340 g/mol. The van der Waals surface area contributed by atoms with Crippen LogP contribution >= 0.6 is 0 Å². The van der Waals surface area contributed by atoms with Crippen LogP contribution in [-0.4, -0.2) is 33.8 Å².